The number of nitrogens with zero attached hydrogens (tertiary/aromatic N) is 2. The van der Waals surface area contributed by atoms with Gasteiger partial charge in [-0.25, -0.2) is 0 Å². The quantitative estimate of drug-likeness (QED) is 0.819. The Kier molecular flexibility index (Phi) is 4.63. The van der Waals surface area contributed by atoms with Crippen molar-refractivity contribution in [2.24, 2.45) is 12.8 Å². The van der Waals surface area contributed by atoms with Gasteiger partial charge < -0.3 is 15.2 Å². The second-order valence-corrected chi connectivity index (χ2v) is 4.67. The molecule has 0 spiro atoms. The third kappa shape index (κ3) is 3.30. The molecule has 1 aromatic heterocycles. The van der Waals surface area contributed by atoms with Crippen LogP contribution in [0.15, 0.2) is 24.3 Å². The van der Waals surface area contributed by atoms with E-state index in [2.05, 4.69) is 5.10 Å². The number of hydrogen-bond acceptors (Lipinski definition) is 4. The maximum atomic E-state index is 5.73. The van der Waals surface area contributed by atoms with Gasteiger partial charge in [-0.05, 0) is 31.5 Å². The van der Waals surface area contributed by atoms with Crippen molar-refractivity contribution in [1.82, 2.24) is 9.78 Å². The van der Waals surface area contributed by atoms with E-state index in [0.29, 0.717) is 19.8 Å². The van der Waals surface area contributed by atoms with E-state index in [1.807, 2.05) is 49.8 Å². The van der Waals surface area contributed by atoms with Gasteiger partial charge in [0.05, 0.1) is 5.69 Å². The summed E-state index contributed by atoms with van der Waals surface area (Å²) in [6.45, 7) is 5.42. The lowest BCUT2D eigenvalue weighted by Crippen LogP contribution is -2.10. The van der Waals surface area contributed by atoms with Crippen LogP contribution >= 0.6 is 0 Å². The lowest BCUT2D eigenvalue weighted by molar-refractivity contribution is 0.215. The van der Waals surface area contributed by atoms with Crippen molar-refractivity contribution < 1.29 is 9.47 Å². The van der Waals surface area contributed by atoms with Gasteiger partial charge in [-0.1, -0.05) is 12.1 Å². The van der Waals surface area contributed by atoms with E-state index in [9.17, 15) is 0 Å². The van der Waals surface area contributed by atoms with Crippen LogP contribution in [-0.4, -0.2) is 23.0 Å². The number of aryl methyl sites for hydroxylation is 2. The van der Waals surface area contributed by atoms with Crippen LogP contribution in [0.4, 0.5) is 0 Å². The zero-order chi connectivity index (χ0) is 14.5. The molecule has 1 heterocycles. The highest BCUT2D eigenvalue weighted by molar-refractivity contribution is 5.31. The van der Waals surface area contributed by atoms with Crippen LogP contribution < -0.4 is 15.2 Å². The van der Waals surface area contributed by atoms with E-state index in [-0.39, 0.29) is 0 Å². The first-order valence-corrected chi connectivity index (χ1v) is 6.66. The summed E-state index contributed by atoms with van der Waals surface area (Å²) in [6, 6.07) is 7.78. The molecule has 0 unspecified atom stereocenters. The summed E-state index contributed by atoms with van der Waals surface area (Å²) < 4.78 is 13.2. The highest BCUT2D eigenvalue weighted by atomic mass is 16.5. The third-order valence-corrected chi connectivity index (χ3v) is 3.18. The lowest BCUT2D eigenvalue weighted by atomic mass is 10.2. The molecular weight excluding hydrogens is 254 g/mol. The molecule has 108 valence electrons. The molecule has 2 aromatic rings. The molecule has 0 aliphatic rings. The van der Waals surface area contributed by atoms with Crippen molar-refractivity contribution in [3.8, 4) is 11.5 Å². The van der Waals surface area contributed by atoms with Crippen LogP contribution in [0.2, 0.25) is 0 Å². The Bertz CT molecular complexity index is 578. The predicted molar refractivity (Wildman–Crippen MR) is 78.0 cm³/mol. The molecule has 0 aliphatic heterocycles. The van der Waals surface area contributed by atoms with Gasteiger partial charge in [0, 0.05) is 13.6 Å². The maximum absolute atomic E-state index is 5.73. The molecule has 0 atom stereocenters. The Morgan fingerprint density at radius 2 is 1.95 bits per heavy atom. The van der Waals surface area contributed by atoms with Gasteiger partial charge in [0.2, 0.25) is 0 Å². The minimum Gasteiger partial charge on any atom is -0.490 e. The standard InChI is InChI=1S/C15H21N3O2/c1-11-15(12(2)18(3)17-11)20-8-7-19-14-6-4-5-13(9-14)10-16/h4-6,9H,7-8,10,16H2,1-3H3. The zero-order valence-electron chi connectivity index (χ0n) is 12.2. The minimum absolute atomic E-state index is 0.486. The third-order valence-electron chi connectivity index (χ3n) is 3.18. The second-order valence-electron chi connectivity index (χ2n) is 4.67. The number of aromatic nitrogens is 2. The van der Waals surface area contributed by atoms with Crippen LogP contribution in [0.5, 0.6) is 11.5 Å². The van der Waals surface area contributed by atoms with Crippen molar-refractivity contribution in [3.05, 3.63) is 41.2 Å². The maximum Gasteiger partial charge on any atom is 0.163 e. The number of hydrogen-bond donors (Lipinski definition) is 1. The van der Waals surface area contributed by atoms with Gasteiger partial charge in [-0.15, -0.1) is 0 Å². The topological polar surface area (TPSA) is 62.3 Å². The zero-order valence-corrected chi connectivity index (χ0v) is 12.2. The summed E-state index contributed by atoms with van der Waals surface area (Å²) in [6.07, 6.45) is 0. The first kappa shape index (κ1) is 14.4. The molecule has 0 radical (unpaired) electrons. The Morgan fingerprint density at radius 1 is 1.20 bits per heavy atom. The molecule has 2 rings (SSSR count). The van der Waals surface area contributed by atoms with Gasteiger partial charge in [0.1, 0.15) is 24.7 Å². The molecule has 5 nitrogen and oxygen atoms in total. The minimum atomic E-state index is 0.486. The van der Waals surface area contributed by atoms with E-state index >= 15 is 0 Å². The second kappa shape index (κ2) is 6.43. The van der Waals surface area contributed by atoms with Gasteiger partial charge in [0.15, 0.2) is 5.75 Å². The first-order chi connectivity index (χ1) is 9.61. The number of rotatable bonds is 6. The summed E-state index contributed by atoms with van der Waals surface area (Å²) in [5.74, 6) is 1.66. The molecule has 0 fully saturated rings. The molecule has 20 heavy (non-hydrogen) atoms. The van der Waals surface area contributed by atoms with Crippen molar-refractivity contribution in [2.45, 2.75) is 20.4 Å². The van der Waals surface area contributed by atoms with Crippen molar-refractivity contribution in [3.63, 3.8) is 0 Å². The van der Waals surface area contributed by atoms with Crippen LogP contribution in [0.25, 0.3) is 0 Å². The van der Waals surface area contributed by atoms with Crippen LogP contribution in [0.3, 0.4) is 0 Å². The van der Waals surface area contributed by atoms with Crippen LogP contribution in [0.1, 0.15) is 17.0 Å². The molecule has 0 saturated carbocycles. The monoisotopic (exact) mass is 275 g/mol. The van der Waals surface area contributed by atoms with Crippen LogP contribution in [0, 0.1) is 13.8 Å². The van der Waals surface area contributed by atoms with Gasteiger partial charge in [0.25, 0.3) is 0 Å². The molecule has 0 saturated heterocycles. The first-order valence-electron chi connectivity index (χ1n) is 6.66. The average Bonchev–Trinajstić information content (AvgIpc) is 2.69. The highest BCUT2D eigenvalue weighted by Gasteiger charge is 2.10. The highest BCUT2D eigenvalue weighted by Crippen LogP contribution is 2.21. The van der Waals surface area contributed by atoms with E-state index in [1.54, 1.807) is 0 Å². The summed E-state index contributed by atoms with van der Waals surface area (Å²) >= 11 is 0. The lowest BCUT2D eigenvalue weighted by Gasteiger charge is -2.09. The number of benzene rings is 1. The summed E-state index contributed by atoms with van der Waals surface area (Å²) in [7, 11) is 1.91. The average molecular weight is 275 g/mol. The summed E-state index contributed by atoms with van der Waals surface area (Å²) in [5, 5.41) is 4.31. The number of ether oxygens (including phenoxy) is 2. The van der Waals surface area contributed by atoms with Crippen molar-refractivity contribution in [2.75, 3.05) is 13.2 Å². The molecular formula is C15H21N3O2. The van der Waals surface area contributed by atoms with Gasteiger partial charge >= 0.3 is 0 Å². The van der Waals surface area contributed by atoms with E-state index in [4.69, 9.17) is 15.2 Å². The Labute approximate surface area is 119 Å². The normalized spacial score (nSPS) is 10.6. The smallest absolute Gasteiger partial charge is 0.163 e. The van der Waals surface area contributed by atoms with Gasteiger partial charge in [-0.3, -0.25) is 4.68 Å². The summed E-state index contributed by atoms with van der Waals surface area (Å²) in [5.41, 5.74) is 8.57. The SMILES string of the molecule is Cc1nn(C)c(C)c1OCCOc1cccc(CN)c1. The Balaban J connectivity index is 1.84. The fourth-order valence-corrected chi connectivity index (χ4v) is 2.03. The van der Waals surface area contributed by atoms with E-state index in [0.717, 1.165) is 28.5 Å². The fourth-order valence-electron chi connectivity index (χ4n) is 2.03. The summed E-state index contributed by atoms with van der Waals surface area (Å²) in [4.78, 5) is 0. The predicted octanol–water partition coefficient (Wildman–Crippen LogP) is 1.95. The van der Waals surface area contributed by atoms with Crippen LogP contribution in [-0.2, 0) is 13.6 Å². The molecule has 0 bridgehead atoms. The molecule has 2 N–H and O–H groups in total. The fraction of sp³-hybridized carbons (Fsp3) is 0.400. The van der Waals surface area contributed by atoms with E-state index in [1.165, 1.54) is 0 Å². The Morgan fingerprint density at radius 3 is 2.60 bits per heavy atom. The van der Waals surface area contributed by atoms with E-state index < -0.39 is 0 Å². The number of nitrogens with two attached hydrogens (primary N) is 1. The molecule has 5 heteroatoms. The van der Waals surface area contributed by atoms with Crippen molar-refractivity contribution in [1.29, 1.82) is 0 Å². The Hall–Kier alpha value is -2.01. The molecule has 0 amide bonds. The largest absolute Gasteiger partial charge is 0.490 e. The van der Waals surface area contributed by atoms with Crippen molar-refractivity contribution >= 4 is 0 Å². The molecule has 1 aromatic carbocycles. The molecule has 0 aliphatic carbocycles. The van der Waals surface area contributed by atoms with Gasteiger partial charge in [-0.2, -0.15) is 5.10 Å².